The number of pyridine rings is 1. The van der Waals surface area contributed by atoms with E-state index in [-0.39, 0.29) is 6.10 Å². The third-order valence-corrected chi connectivity index (χ3v) is 6.46. The molecule has 2 aliphatic rings. The first-order valence-electron chi connectivity index (χ1n) is 10.7. The van der Waals surface area contributed by atoms with Crippen LogP contribution in [0.5, 0.6) is 5.75 Å². The Balaban J connectivity index is 1.34. The van der Waals surface area contributed by atoms with Crippen molar-refractivity contribution in [3.05, 3.63) is 64.1 Å². The Hall–Kier alpha value is -2.88. The number of rotatable bonds is 3. The fraction of sp³-hybridized carbons (Fsp3) is 0.375. The molecule has 2 aromatic heterocycles. The van der Waals surface area contributed by atoms with E-state index in [1.807, 2.05) is 18.2 Å². The Morgan fingerprint density at radius 1 is 1.16 bits per heavy atom. The third-order valence-electron chi connectivity index (χ3n) is 6.25. The Kier molecular flexibility index (Phi) is 5.39. The standard InChI is InChI=1S/C24H24ClN5O/c1-30-13-17-10-18(25)12-27-23(17)22-21(14-30)28-29-24(22)16-4-8-20(9-5-16)31-19-6-2-15(11-26)3-7-19/h2-3,6-7,10,12,16,20H,4-5,8-9,13-14H2,1H3,(H,28,29). The van der Waals surface area contributed by atoms with Crippen LogP contribution >= 0.6 is 11.6 Å². The highest BCUT2D eigenvalue weighted by molar-refractivity contribution is 6.30. The van der Waals surface area contributed by atoms with Crippen LogP contribution in [0.25, 0.3) is 11.3 Å². The molecule has 31 heavy (non-hydrogen) atoms. The topological polar surface area (TPSA) is 77.8 Å². The number of aromatic nitrogens is 3. The van der Waals surface area contributed by atoms with Gasteiger partial charge in [0.1, 0.15) is 5.75 Å². The van der Waals surface area contributed by atoms with E-state index in [4.69, 9.17) is 31.7 Å². The number of ether oxygens (including phenoxy) is 1. The first kappa shape index (κ1) is 20.0. The molecular weight excluding hydrogens is 410 g/mol. The van der Waals surface area contributed by atoms with Crippen LogP contribution in [-0.4, -0.2) is 33.2 Å². The highest BCUT2D eigenvalue weighted by Gasteiger charge is 2.31. The molecule has 1 aliphatic carbocycles. The highest BCUT2D eigenvalue weighted by atomic mass is 35.5. The van der Waals surface area contributed by atoms with E-state index in [0.29, 0.717) is 16.5 Å². The van der Waals surface area contributed by atoms with Crippen LogP contribution in [0, 0.1) is 11.3 Å². The molecule has 3 heterocycles. The average molecular weight is 434 g/mol. The van der Waals surface area contributed by atoms with E-state index in [9.17, 15) is 0 Å². The Bertz CT molecular complexity index is 1130. The second-order valence-electron chi connectivity index (χ2n) is 8.52. The molecule has 0 amide bonds. The number of H-pyrrole nitrogens is 1. The van der Waals surface area contributed by atoms with Crippen molar-refractivity contribution in [3.63, 3.8) is 0 Å². The number of halogens is 1. The summed E-state index contributed by atoms with van der Waals surface area (Å²) < 4.78 is 6.17. The number of aromatic amines is 1. The van der Waals surface area contributed by atoms with Gasteiger partial charge in [0.2, 0.25) is 0 Å². The zero-order chi connectivity index (χ0) is 21.4. The minimum absolute atomic E-state index is 0.192. The molecule has 3 aromatic rings. The molecule has 1 saturated carbocycles. The van der Waals surface area contributed by atoms with Crippen molar-refractivity contribution < 1.29 is 4.74 Å². The maximum Gasteiger partial charge on any atom is 0.119 e. The van der Waals surface area contributed by atoms with Crippen molar-refractivity contribution >= 4 is 11.6 Å². The molecule has 0 unspecified atom stereocenters. The fourth-order valence-electron chi connectivity index (χ4n) is 4.77. The maximum absolute atomic E-state index is 8.95. The zero-order valence-electron chi connectivity index (χ0n) is 17.4. The summed E-state index contributed by atoms with van der Waals surface area (Å²) in [4.78, 5) is 6.96. The van der Waals surface area contributed by atoms with Crippen molar-refractivity contribution in [2.24, 2.45) is 0 Å². The van der Waals surface area contributed by atoms with Crippen molar-refractivity contribution in [1.82, 2.24) is 20.1 Å². The van der Waals surface area contributed by atoms with Gasteiger partial charge in [0, 0.05) is 30.8 Å². The lowest BCUT2D eigenvalue weighted by atomic mass is 9.83. The summed E-state index contributed by atoms with van der Waals surface area (Å²) in [6, 6.07) is 11.5. The smallest absolute Gasteiger partial charge is 0.119 e. The predicted molar refractivity (Wildman–Crippen MR) is 119 cm³/mol. The van der Waals surface area contributed by atoms with Crippen LogP contribution in [0.3, 0.4) is 0 Å². The second kappa shape index (κ2) is 8.33. The number of nitriles is 1. The van der Waals surface area contributed by atoms with E-state index in [1.165, 1.54) is 0 Å². The molecule has 0 spiro atoms. The molecule has 0 saturated heterocycles. The molecule has 5 rings (SSSR count). The van der Waals surface area contributed by atoms with Crippen LogP contribution in [0.4, 0.5) is 0 Å². The molecule has 1 fully saturated rings. The number of hydrogen-bond donors (Lipinski definition) is 1. The summed E-state index contributed by atoms with van der Waals surface area (Å²) in [7, 11) is 2.10. The second-order valence-corrected chi connectivity index (χ2v) is 8.96. The summed E-state index contributed by atoms with van der Waals surface area (Å²) >= 11 is 6.23. The monoisotopic (exact) mass is 433 g/mol. The van der Waals surface area contributed by atoms with Gasteiger partial charge in [-0.2, -0.15) is 10.4 Å². The molecule has 0 radical (unpaired) electrons. The lowest BCUT2D eigenvalue weighted by Crippen LogP contribution is -2.23. The van der Waals surface area contributed by atoms with Crippen molar-refractivity contribution in [2.75, 3.05) is 7.05 Å². The number of nitrogens with one attached hydrogen (secondary N) is 1. The normalized spacial score (nSPS) is 20.9. The number of fused-ring (bicyclic) bond motifs is 3. The van der Waals surface area contributed by atoms with E-state index in [1.54, 1.807) is 18.3 Å². The largest absolute Gasteiger partial charge is 0.490 e. The van der Waals surface area contributed by atoms with Crippen molar-refractivity contribution in [1.29, 1.82) is 5.26 Å². The molecule has 6 nitrogen and oxygen atoms in total. The Morgan fingerprint density at radius 2 is 1.94 bits per heavy atom. The lowest BCUT2D eigenvalue weighted by molar-refractivity contribution is 0.146. The molecule has 1 N–H and O–H groups in total. The summed E-state index contributed by atoms with van der Waals surface area (Å²) in [5.74, 6) is 1.21. The number of benzene rings is 1. The maximum atomic E-state index is 8.95. The minimum atomic E-state index is 0.192. The van der Waals surface area contributed by atoms with Gasteiger partial charge in [-0.05, 0) is 68.6 Å². The molecule has 1 aliphatic heterocycles. The summed E-state index contributed by atoms with van der Waals surface area (Å²) in [5, 5.41) is 17.7. The average Bonchev–Trinajstić information content (AvgIpc) is 3.12. The minimum Gasteiger partial charge on any atom is -0.490 e. The van der Waals surface area contributed by atoms with Crippen molar-refractivity contribution in [2.45, 2.75) is 50.8 Å². The van der Waals surface area contributed by atoms with Gasteiger partial charge in [0.05, 0.1) is 39.8 Å². The fourth-order valence-corrected chi connectivity index (χ4v) is 4.95. The van der Waals surface area contributed by atoms with Crippen LogP contribution in [-0.2, 0) is 13.1 Å². The van der Waals surface area contributed by atoms with Crippen LogP contribution in [0.15, 0.2) is 36.5 Å². The van der Waals surface area contributed by atoms with Gasteiger partial charge >= 0.3 is 0 Å². The number of hydrogen-bond acceptors (Lipinski definition) is 5. The molecular formula is C24H24ClN5O. The van der Waals surface area contributed by atoms with Gasteiger partial charge in [0.25, 0.3) is 0 Å². The molecule has 7 heteroatoms. The van der Waals surface area contributed by atoms with Gasteiger partial charge in [-0.3, -0.25) is 15.0 Å². The summed E-state index contributed by atoms with van der Waals surface area (Å²) in [6.45, 7) is 1.63. The van der Waals surface area contributed by atoms with E-state index < -0.39 is 0 Å². The van der Waals surface area contributed by atoms with Crippen LogP contribution in [0.1, 0.15) is 54.1 Å². The van der Waals surface area contributed by atoms with Gasteiger partial charge in [-0.15, -0.1) is 0 Å². The van der Waals surface area contributed by atoms with E-state index >= 15 is 0 Å². The summed E-state index contributed by atoms with van der Waals surface area (Å²) in [6.07, 6.45) is 5.93. The number of nitrogens with zero attached hydrogens (tertiary/aromatic N) is 4. The first-order chi connectivity index (χ1) is 15.1. The third kappa shape index (κ3) is 4.04. The lowest BCUT2D eigenvalue weighted by Gasteiger charge is -2.28. The summed E-state index contributed by atoms with van der Waals surface area (Å²) in [5.41, 5.74) is 6.21. The quantitative estimate of drug-likeness (QED) is 0.625. The Morgan fingerprint density at radius 3 is 2.68 bits per heavy atom. The SMILES string of the molecule is CN1Cc2cc(Cl)cnc2-c2c(C3CCC(Oc4ccc(C#N)cc4)CC3)n[nH]c2C1. The van der Waals surface area contributed by atoms with Crippen LogP contribution < -0.4 is 4.74 Å². The van der Waals surface area contributed by atoms with Gasteiger partial charge in [-0.25, -0.2) is 0 Å². The Labute approximate surface area is 186 Å². The highest BCUT2D eigenvalue weighted by Crippen LogP contribution is 2.41. The molecule has 158 valence electrons. The van der Waals surface area contributed by atoms with E-state index in [0.717, 1.165) is 72.7 Å². The van der Waals surface area contributed by atoms with Gasteiger partial charge in [0.15, 0.2) is 0 Å². The van der Waals surface area contributed by atoms with E-state index in [2.05, 4.69) is 23.1 Å². The predicted octanol–water partition coefficient (Wildman–Crippen LogP) is 5.05. The van der Waals surface area contributed by atoms with Gasteiger partial charge < -0.3 is 4.74 Å². The van der Waals surface area contributed by atoms with Crippen LogP contribution in [0.2, 0.25) is 5.02 Å². The van der Waals surface area contributed by atoms with Crippen molar-refractivity contribution in [3.8, 4) is 23.1 Å². The molecule has 0 atom stereocenters. The first-order valence-corrected chi connectivity index (χ1v) is 11.1. The molecule has 0 bridgehead atoms. The zero-order valence-corrected chi connectivity index (χ0v) is 18.2. The van der Waals surface area contributed by atoms with Gasteiger partial charge in [-0.1, -0.05) is 11.6 Å². The molecule has 1 aromatic carbocycles.